The van der Waals surface area contributed by atoms with Gasteiger partial charge in [0.25, 0.3) is 0 Å². The number of aryl methyl sites for hydroxylation is 2. The predicted octanol–water partition coefficient (Wildman–Crippen LogP) is 3.41. The molecule has 1 aromatic heterocycles. The molecule has 15 heavy (non-hydrogen) atoms. The Morgan fingerprint density at radius 2 is 1.80 bits per heavy atom. The molecule has 3 heteroatoms. The highest BCUT2D eigenvalue weighted by Gasteiger charge is 2.03. The molecule has 0 radical (unpaired) electrons. The fraction of sp³-hybridized carbons (Fsp3) is 0.167. The van der Waals surface area contributed by atoms with Crippen LogP contribution >= 0.6 is 11.6 Å². The van der Waals surface area contributed by atoms with Crippen molar-refractivity contribution in [3.8, 4) is 11.3 Å². The van der Waals surface area contributed by atoms with Crippen LogP contribution in [-0.2, 0) is 0 Å². The lowest BCUT2D eigenvalue weighted by molar-refractivity contribution is 1.04. The normalized spacial score (nSPS) is 10.3. The maximum atomic E-state index is 5.69. The van der Waals surface area contributed by atoms with E-state index in [-0.39, 0.29) is 0 Å². The molecule has 0 spiro atoms. The van der Waals surface area contributed by atoms with E-state index in [0.717, 1.165) is 11.3 Å². The number of hydrogen-bond donors (Lipinski definition) is 0. The van der Waals surface area contributed by atoms with Gasteiger partial charge in [-0.1, -0.05) is 35.4 Å². The van der Waals surface area contributed by atoms with Crippen LogP contribution in [0.4, 0.5) is 0 Å². The Labute approximate surface area is 93.9 Å². The zero-order valence-corrected chi connectivity index (χ0v) is 9.42. The van der Waals surface area contributed by atoms with Crippen LogP contribution in [0.15, 0.2) is 30.3 Å². The second-order valence-corrected chi connectivity index (χ2v) is 3.95. The Balaban J connectivity index is 2.49. The lowest BCUT2D eigenvalue weighted by Gasteiger charge is -2.05. The van der Waals surface area contributed by atoms with E-state index in [2.05, 4.69) is 42.2 Å². The van der Waals surface area contributed by atoms with Gasteiger partial charge in [-0.2, -0.15) is 0 Å². The van der Waals surface area contributed by atoms with Gasteiger partial charge in [-0.3, -0.25) is 0 Å². The first kappa shape index (κ1) is 10.1. The molecule has 0 saturated carbocycles. The topological polar surface area (TPSA) is 25.8 Å². The summed E-state index contributed by atoms with van der Waals surface area (Å²) in [5.41, 5.74) is 4.41. The maximum absolute atomic E-state index is 5.69. The summed E-state index contributed by atoms with van der Waals surface area (Å²) in [6, 6.07) is 9.89. The smallest absolute Gasteiger partial charge is 0.149 e. The monoisotopic (exact) mass is 218 g/mol. The van der Waals surface area contributed by atoms with Crippen LogP contribution in [0, 0.1) is 13.8 Å². The van der Waals surface area contributed by atoms with E-state index in [1.54, 1.807) is 6.07 Å². The summed E-state index contributed by atoms with van der Waals surface area (Å²) in [5.74, 6) is 0. The van der Waals surface area contributed by atoms with E-state index < -0.39 is 0 Å². The number of aromatic nitrogens is 2. The van der Waals surface area contributed by atoms with Crippen molar-refractivity contribution < 1.29 is 0 Å². The summed E-state index contributed by atoms with van der Waals surface area (Å²) in [7, 11) is 0. The van der Waals surface area contributed by atoms with E-state index >= 15 is 0 Å². The van der Waals surface area contributed by atoms with Gasteiger partial charge in [0.1, 0.15) is 0 Å². The molecular weight excluding hydrogens is 208 g/mol. The molecule has 0 aliphatic heterocycles. The van der Waals surface area contributed by atoms with Gasteiger partial charge in [0.2, 0.25) is 0 Å². The van der Waals surface area contributed by atoms with Crippen LogP contribution < -0.4 is 0 Å². The lowest BCUT2D eigenvalue weighted by atomic mass is 10.0. The van der Waals surface area contributed by atoms with E-state index in [1.165, 1.54) is 11.1 Å². The highest BCUT2D eigenvalue weighted by atomic mass is 35.5. The molecule has 0 fully saturated rings. The van der Waals surface area contributed by atoms with E-state index in [4.69, 9.17) is 11.6 Å². The summed E-state index contributed by atoms with van der Waals surface area (Å²) in [4.78, 5) is 0. The van der Waals surface area contributed by atoms with Crippen molar-refractivity contribution in [2.24, 2.45) is 0 Å². The average molecular weight is 219 g/mol. The predicted molar refractivity (Wildman–Crippen MR) is 62.0 cm³/mol. The highest BCUT2D eigenvalue weighted by molar-refractivity contribution is 6.29. The standard InChI is InChI=1S/C12H11ClN2/c1-8-3-4-10(9(2)7-8)11-5-6-12(13)15-14-11/h3-7H,1-2H3. The zero-order valence-electron chi connectivity index (χ0n) is 8.66. The molecule has 0 N–H and O–H groups in total. The maximum Gasteiger partial charge on any atom is 0.151 e. The quantitative estimate of drug-likeness (QED) is 0.733. The van der Waals surface area contributed by atoms with Crippen LogP contribution in [0.2, 0.25) is 5.15 Å². The minimum atomic E-state index is 0.420. The van der Waals surface area contributed by atoms with Crippen molar-refractivity contribution in [3.05, 3.63) is 46.6 Å². The molecule has 0 aliphatic carbocycles. The molecule has 2 rings (SSSR count). The van der Waals surface area contributed by atoms with Crippen LogP contribution in [0.5, 0.6) is 0 Å². The van der Waals surface area contributed by atoms with Crippen molar-refractivity contribution in [1.29, 1.82) is 0 Å². The molecule has 0 unspecified atom stereocenters. The number of rotatable bonds is 1. The Kier molecular flexibility index (Phi) is 2.69. The van der Waals surface area contributed by atoms with Crippen LogP contribution in [0.25, 0.3) is 11.3 Å². The van der Waals surface area contributed by atoms with Crippen LogP contribution in [-0.4, -0.2) is 10.2 Å². The molecule has 1 heterocycles. The SMILES string of the molecule is Cc1ccc(-c2ccc(Cl)nn2)c(C)c1. The van der Waals surface area contributed by atoms with Gasteiger partial charge in [-0.25, -0.2) is 0 Å². The van der Waals surface area contributed by atoms with Crippen molar-refractivity contribution in [2.45, 2.75) is 13.8 Å². The Hall–Kier alpha value is -1.41. The molecule has 0 atom stereocenters. The second kappa shape index (κ2) is 3.99. The van der Waals surface area contributed by atoms with Crippen molar-refractivity contribution in [3.63, 3.8) is 0 Å². The third-order valence-electron chi connectivity index (χ3n) is 2.29. The molecule has 0 aliphatic rings. The van der Waals surface area contributed by atoms with Gasteiger partial charge < -0.3 is 0 Å². The summed E-state index contributed by atoms with van der Waals surface area (Å²) in [6.07, 6.45) is 0. The van der Waals surface area contributed by atoms with Gasteiger partial charge in [-0.05, 0) is 31.5 Å². The molecule has 2 nitrogen and oxygen atoms in total. The van der Waals surface area contributed by atoms with Crippen molar-refractivity contribution in [2.75, 3.05) is 0 Å². The van der Waals surface area contributed by atoms with Gasteiger partial charge >= 0.3 is 0 Å². The highest BCUT2D eigenvalue weighted by Crippen LogP contribution is 2.22. The average Bonchev–Trinajstić information content (AvgIpc) is 2.20. The first-order chi connectivity index (χ1) is 7.16. The van der Waals surface area contributed by atoms with E-state index in [1.807, 2.05) is 6.07 Å². The van der Waals surface area contributed by atoms with Gasteiger partial charge in [0.15, 0.2) is 5.15 Å². The van der Waals surface area contributed by atoms with Crippen LogP contribution in [0.3, 0.4) is 0 Å². The Morgan fingerprint density at radius 1 is 1.00 bits per heavy atom. The number of nitrogens with zero attached hydrogens (tertiary/aromatic N) is 2. The number of halogens is 1. The first-order valence-electron chi connectivity index (χ1n) is 4.73. The van der Waals surface area contributed by atoms with Gasteiger partial charge in [-0.15, -0.1) is 10.2 Å². The van der Waals surface area contributed by atoms with Crippen molar-refractivity contribution >= 4 is 11.6 Å². The van der Waals surface area contributed by atoms with E-state index in [0.29, 0.717) is 5.15 Å². The first-order valence-corrected chi connectivity index (χ1v) is 5.11. The van der Waals surface area contributed by atoms with Crippen LogP contribution in [0.1, 0.15) is 11.1 Å². The summed E-state index contributed by atoms with van der Waals surface area (Å²) < 4.78 is 0. The lowest BCUT2D eigenvalue weighted by Crippen LogP contribution is -1.90. The molecule has 0 saturated heterocycles. The summed E-state index contributed by atoms with van der Waals surface area (Å²) in [5, 5.41) is 8.31. The molecule has 0 bridgehead atoms. The third-order valence-corrected chi connectivity index (χ3v) is 2.49. The molecule has 1 aromatic carbocycles. The molecule has 76 valence electrons. The second-order valence-electron chi connectivity index (χ2n) is 3.56. The Bertz CT molecular complexity index is 477. The Morgan fingerprint density at radius 3 is 2.40 bits per heavy atom. The fourth-order valence-electron chi connectivity index (χ4n) is 1.56. The minimum absolute atomic E-state index is 0.420. The number of benzene rings is 1. The minimum Gasteiger partial charge on any atom is -0.149 e. The molecular formula is C12H11ClN2. The fourth-order valence-corrected chi connectivity index (χ4v) is 1.66. The van der Waals surface area contributed by atoms with Gasteiger partial charge in [0, 0.05) is 5.56 Å². The van der Waals surface area contributed by atoms with E-state index in [9.17, 15) is 0 Å². The summed E-state index contributed by atoms with van der Waals surface area (Å²) >= 11 is 5.69. The van der Waals surface area contributed by atoms with Gasteiger partial charge in [0.05, 0.1) is 5.69 Å². The summed E-state index contributed by atoms with van der Waals surface area (Å²) in [6.45, 7) is 4.14. The largest absolute Gasteiger partial charge is 0.151 e. The molecule has 0 amide bonds. The third kappa shape index (κ3) is 2.16. The molecule has 2 aromatic rings. The number of hydrogen-bond acceptors (Lipinski definition) is 2. The zero-order chi connectivity index (χ0) is 10.8. The van der Waals surface area contributed by atoms with Crippen molar-refractivity contribution in [1.82, 2.24) is 10.2 Å².